The second-order valence-electron chi connectivity index (χ2n) is 9.17. The first-order valence-corrected chi connectivity index (χ1v) is 14.0. The van der Waals surface area contributed by atoms with E-state index in [1.54, 1.807) is 32.0 Å². The average Bonchev–Trinajstić information content (AvgIpc) is 3.21. The first-order chi connectivity index (χ1) is 17.1. The number of halogens is 3. The summed E-state index contributed by atoms with van der Waals surface area (Å²) in [5.41, 5.74) is 8.50. The maximum absolute atomic E-state index is 13.1. The lowest BCUT2D eigenvalue weighted by atomic mass is 10.1. The largest absolute Gasteiger partial charge is 0.489 e. The monoisotopic (exact) mass is 601 g/mol. The molecule has 38 heavy (non-hydrogen) atoms. The third kappa shape index (κ3) is 6.94. The number of nitrogen functional groups attached to an aromatic ring is 1. The molecule has 2 aromatic carbocycles. The Hall–Kier alpha value is -2.46. The standard InChI is InChI=1S/C26H32ClN5O3S.2ClH/c1-3-36(33,34)32-21(8-7-18-5-4-6-19(13-18)26(29)30)14-20-15-25(23(27)16-24(20)32)35-22-9-11-31(12-10-22)17(2)28;;/h4-8,13,15-16,21-22,28H,3,9-12,14H2,1-2H3,(H3,29,30);2*1H/b8-7+,28-17?;;. The highest BCUT2D eigenvalue weighted by Gasteiger charge is 2.36. The van der Waals surface area contributed by atoms with Crippen molar-refractivity contribution in [2.45, 2.75) is 45.3 Å². The van der Waals surface area contributed by atoms with Crippen molar-refractivity contribution in [1.82, 2.24) is 4.90 Å². The van der Waals surface area contributed by atoms with E-state index in [9.17, 15) is 8.42 Å². The van der Waals surface area contributed by atoms with Crippen molar-refractivity contribution in [3.05, 3.63) is 64.2 Å². The van der Waals surface area contributed by atoms with Crippen LogP contribution in [0.5, 0.6) is 5.75 Å². The van der Waals surface area contributed by atoms with Crippen LogP contribution in [0.4, 0.5) is 5.69 Å². The predicted octanol–water partition coefficient (Wildman–Crippen LogP) is 5.10. The van der Waals surface area contributed by atoms with Gasteiger partial charge in [-0.3, -0.25) is 15.1 Å². The van der Waals surface area contributed by atoms with E-state index in [1.807, 2.05) is 35.3 Å². The number of anilines is 1. The van der Waals surface area contributed by atoms with Gasteiger partial charge in [-0.2, -0.15) is 0 Å². The summed E-state index contributed by atoms with van der Waals surface area (Å²) in [6.07, 6.45) is 5.82. The number of hydrogen-bond donors (Lipinski definition) is 3. The van der Waals surface area contributed by atoms with Gasteiger partial charge in [-0.15, -0.1) is 24.8 Å². The molecule has 12 heteroatoms. The summed E-state index contributed by atoms with van der Waals surface area (Å²) in [5.74, 6) is 1.08. The fraction of sp³-hybridized carbons (Fsp3) is 0.385. The number of hydrogen-bond acceptors (Lipinski definition) is 5. The summed E-state index contributed by atoms with van der Waals surface area (Å²) >= 11 is 6.59. The van der Waals surface area contributed by atoms with Crippen molar-refractivity contribution in [3.63, 3.8) is 0 Å². The smallest absolute Gasteiger partial charge is 0.235 e. The van der Waals surface area contributed by atoms with Crippen LogP contribution in [-0.4, -0.2) is 56.0 Å². The van der Waals surface area contributed by atoms with Crippen LogP contribution in [0.25, 0.3) is 6.08 Å². The molecule has 0 spiro atoms. The van der Waals surface area contributed by atoms with E-state index in [1.165, 1.54) is 4.31 Å². The predicted molar refractivity (Wildman–Crippen MR) is 160 cm³/mol. The van der Waals surface area contributed by atoms with Gasteiger partial charge >= 0.3 is 0 Å². The summed E-state index contributed by atoms with van der Waals surface area (Å²) in [4.78, 5) is 2.03. The van der Waals surface area contributed by atoms with Crippen LogP contribution >= 0.6 is 36.4 Å². The molecule has 8 nitrogen and oxygen atoms in total. The van der Waals surface area contributed by atoms with E-state index in [0.717, 1.165) is 37.1 Å². The number of fused-ring (bicyclic) bond motifs is 1. The van der Waals surface area contributed by atoms with Gasteiger partial charge in [0.25, 0.3) is 0 Å². The Kier molecular flexibility index (Phi) is 10.9. The summed E-state index contributed by atoms with van der Waals surface area (Å²) in [6.45, 7) is 4.96. The van der Waals surface area contributed by atoms with E-state index in [2.05, 4.69) is 0 Å². The Morgan fingerprint density at radius 3 is 2.47 bits per heavy atom. The van der Waals surface area contributed by atoms with Crippen LogP contribution in [0.3, 0.4) is 0 Å². The molecule has 0 bridgehead atoms. The van der Waals surface area contributed by atoms with Gasteiger partial charge in [0.2, 0.25) is 10.0 Å². The lowest BCUT2D eigenvalue weighted by Gasteiger charge is -2.33. The molecule has 1 atom stereocenters. The zero-order valence-corrected chi connectivity index (χ0v) is 24.5. The first-order valence-electron chi connectivity index (χ1n) is 12.0. The van der Waals surface area contributed by atoms with Crippen LogP contribution in [0.2, 0.25) is 5.02 Å². The summed E-state index contributed by atoms with van der Waals surface area (Å²) in [6, 6.07) is 10.4. The molecule has 1 saturated heterocycles. The molecule has 0 aromatic heterocycles. The van der Waals surface area contributed by atoms with Crippen LogP contribution in [0.15, 0.2) is 42.5 Å². The number of nitrogens with two attached hydrogens (primary N) is 1. The third-order valence-electron chi connectivity index (χ3n) is 6.68. The number of sulfonamides is 1. The highest BCUT2D eigenvalue weighted by Crippen LogP contribution is 2.42. The van der Waals surface area contributed by atoms with E-state index in [-0.39, 0.29) is 42.5 Å². The third-order valence-corrected chi connectivity index (χ3v) is 8.78. The van der Waals surface area contributed by atoms with E-state index in [4.69, 9.17) is 32.9 Å². The Labute approximate surface area is 242 Å². The summed E-state index contributed by atoms with van der Waals surface area (Å²) in [7, 11) is -3.55. The van der Waals surface area contributed by atoms with E-state index in [0.29, 0.717) is 34.3 Å². The fourth-order valence-corrected chi connectivity index (χ4v) is 6.20. The van der Waals surface area contributed by atoms with Gasteiger partial charge < -0.3 is 15.4 Å². The molecule has 1 unspecified atom stereocenters. The van der Waals surface area contributed by atoms with Crippen molar-refractivity contribution in [2.75, 3.05) is 23.1 Å². The van der Waals surface area contributed by atoms with Crippen molar-refractivity contribution < 1.29 is 13.2 Å². The maximum atomic E-state index is 13.1. The molecule has 2 heterocycles. The minimum absolute atomic E-state index is 0. The maximum Gasteiger partial charge on any atom is 0.235 e. The Balaban J connectivity index is 0.00000253. The number of amidine groups is 2. The lowest BCUT2D eigenvalue weighted by Crippen LogP contribution is -2.40. The molecule has 2 aromatic rings. The SMILES string of the molecule is CCS(=O)(=O)N1c2cc(Cl)c(OC3CCN(C(C)=N)CC3)cc2CC1/C=C/c1cccc(C(=N)N)c1.Cl.Cl. The Bertz CT molecular complexity index is 1310. The average molecular weight is 603 g/mol. The number of benzene rings is 2. The molecule has 4 N–H and O–H groups in total. The molecule has 2 aliphatic heterocycles. The van der Waals surface area contributed by atoms with E-state index < -0.39 is 16.1 Å². The molecular formula is C26H34Cl3N5O3S. The molecule has 0 amide bonds. The number of nitrogens with zero attached hydrogens (tertiary/aromatic N) is 2. The molecule has 1 fully saturated rings. The normalized spacial score (nSPS) is 17.5. The number of piperidine rings is 1. The van der Waals surface area contributed by atoms with Crippen molar-refractivity contribution >= 4 is 69.9 Å². The molecule has 0 radical (unpaired) electrons. The van der Waals surface area contributed by atoms with Crippen LogP contribution in [-0.2, 0) is 16.4 Å². The highest BCUT2D eigenvalue weighted by molar-refractivity contribution is 7.92. The quantitative estimate of drug-likeness (QED) is 0.300. The lowest BCUT2D eigenvalue weighted by molar-refractivity contribution is 0.130. The van der Waals surface area contributed by atoms with Gasteiger partial charge in [0.05, 0.1) is 28.3 Å². The molecule has 2 aliphatic rings. The summed E-state index contributed by atoms with van der Waals surface area (Å²) < 4.78 is 33.9. The Morgan fingerprint density at radius 2 is 1.87 bits per heavy atom. The second kappa shape index (κ2) is 13.1. The van der Waals surface area contributed by atoms with Gasteiger partial charge in [-0.05, 0) is 49.6 Å². The molecule has 208 valence electrons. The molecule has 4 rings (SSSR count). The van der Waals surface area contributed by atoms with Gasteiger partial charge in [-0.1, -0.05) is 42.0 Å². The zero-order valence-electron chi connectivity index (χ0n) is 21.3. The van der Waals surface area contributed by atoms with Crippen molar-refractivity contribution in [3.8, 4) is 5.75 Å². The van der Waals surface area contributed by atoms with Crippen molar-refractivity contribution in [1.29, 1.82) is 10.8 Å². The first kappa shape index (κ1) is 31.8. The van der Waals surface area contributed by atoms with Crippen molar-refractivity contribution in [2.24, 2.45) is 5.73 Å². The second-order valence-corrected chi connectivity index (χ2v) is 11.7. The Morgan fingerprint density at radius 1 is 1.18 bits per heavy atom. The van der Waals surface area contributed by atoms with Crippen LogP contribution < -0.4 is 14.8 Å². The molecule has 0 aliphatic carbocycles. The number of likely N-dealkylation sites (tertiary alicyclic amines) is 1. The highest BCUT2D eigenvalue weighted by atomic mass is 35.5. The number of nitrogens with one attached hydrogen (secondary N) is 2. The van der Waals surface area contributed by atoms with Crippen LogP contribution in [0.1, 0.15) is 43.4 Å². The van der Waals surface area contributed by atoms with Gasteiger partial charge in [0.15, 0.2) is 0 Å². The minimum Gasteiger partial charge on any atom is -0.489 e. The van der Waals surface area contributed by atoms with Gasteiger partial charge in [-0.25, -0.2) is 8.42 Å². The van der Waals surface area contributed by atoms with Crippen LogP contribution in [0, 0.1) is 10.8 Å². The zero-order chi connectivity index (χ0) is 26.0. The summed E-state index contributed by atoms with van der Waals surface area (Å²) in [5, 5.41) is 15.8. The number of rotatable bonds is 7. The molecule has 0 saturated carbocycles. The van der Waals surface area contributed by atoms with E-state index >= 15 is 0 Å². The fourth-order valence-electron chi connectivity index (χ4n) is 4.69. The molecular weight excluding hydrogens is 569 g/mol. The number of ether oxygens (including phenoxy) is 1. The minimum atomic E-state index is -3.55. The van der Waals surface area contributed by atoms with Gasteiger partial charge in [0, 0.05) is 31.5 Å². The topological polar surface area (TPSA) is 124 Å². The van der Waals surface area contributed by atoms with Gasteiger partial charge in [0.1, 0.15) is 17.7 Å².